The second-order valence-electron chi connectivity index (χ2n) is 15.4. The third-order valence-corrected chi connectivity index (χ3v) is 13.6. The molecule has 178 valence electrons. The van der Waals surface area contributed by atoms with Gasteiger partial charge in [-0.2, -0.15) is 0 Å². The average Bonchev–Trinajstić information content (AvgIpc) is 2.99. The maximum atomic E-state index is 11.0. The van der Waals surface area contributed by atoms with Gasteiger partial charge in [-0.3, -0.25) is 0 Å². The normalized spacial score (nSPS) is 56.2. The molecule has 5 saturated carbocycles. The first-order valence-corrected chi connectivity index (χ1v) is 13.9. The van der Waals surface area contributed by atoms with Crippen molar-refractivity contribution in [1.29, 1.82) is 0 Å². The summed E-state index contributed by atoms with van der Waals surface area (Å²) in [7, 11) is 0. The van der Waals surface area contributed by atoms with Crippen LogP contribution in [0.25, 0.3) is 0 Å². The van der Waals surface area contributed by atoms with Gasteiger partial charge in [-0.25, -0.2) is 0 Å². The van der Waals surface area contributed by atoms with E-state index >= 15 is 0 Å². The van der Waals surface area contributed by atoms with Crippen LogP contribution in [0.15, 0.2) is 0 Å². The van der Waals surface area contributed by atoms with Crippen LogP contribution in [-0.2, 0) is 0 Å². The van der Waals surface area contributed by atoms with Gasteiger partial charge >= 0.3 is 0 Å². The van der Waals surface area contributed by atoms with Gasteiger partial charge in [-0.15, -0.1) is 0 Å². The lowest BCUT2D eigenvalue weighted by atomic mass is 9.32. The van der Waals surface area contributed by atoms with Crippen LogP contribution < -0.4 is 0 Å². The molecule has 0 radical (unpaired) electrons. The largest absolute Gasteiger partial charge is 0.390 e. The number of hydrogen-bond donors (Lipinski definition) is 1. The molecule has 5 aliphatic rings. The number of hydrogen-bond acceptors (Lipinski definition) is 1. The summed E-state index contributed by atoms with van der Waals surface area (Å²) in [6.45, 7) is 20.3. The molecule has 5 unspecified atom stereocenters. The van der Waals surface area contributed by atoms with Crippen LogP contribution >= 0.6 is 0 Å². The minimum Gasteiger partial charge on any atom is -0.390 e. The summed E-state index contributed by atoms with van der Waals surface area (Å²) in [6.07, 6.45) is 15.5. The third-order valence-electron chi connectivity index (χ3n) is 13.6. The molecule has 9 atom stereocenters. The molecule has 31 heavy (non-hydrogen) atoms. The van der Waals surface area contributed by atoms with Crippen LogP contribution in [0.5, 0.6) is 0 Å². The molecule has 0 aromatic carbocycles. The molecule has 0 saturated heterocycles. The van der Waals surface area contributed by atoms with E-state index in [4.69, 9.17) is 0 Å². The minimum absolute atomic E-state index is 0.440. The van der Waals surface area contributed by atoms with Crippen molar-refractivity contribution in [2.45, 2.75) is 132 Å². The van der Waals surface area contributed by atoms with Crippen LogP contribution in [0.3, 0.4) is 0 Å². The van der Waals surface area contributed by atoms with Crippen LogP contribution in [0.2, 0.25) is 0 Å². The second-order valence-corrected chi connectivity index (χ2v) is 15.4. The lowest BCUT2D eigenvalue weighted by Crippen LogP contribution is -2.66. The molecule has 0 heterocycles. The predicted octanol–water partition coefficient (Wildman–Crippen LogP) is 8.25. The maximum Gasteiger partial charge on any atom is 0.0622 e. The van der Waals surface area contributed by atoms with E-state index in [0.717, 1.165) is 23.7 Å². The first kappa shape index (κ1) is 22.7. The first-order chi connectivity index (χ1) is 14.2. The molecule has 0 aliphatic heterocycles. The number of fused-ring (bicyclic) bond motifs is 7. The smallest absolute Gasteiger partial charge is 0.0622 e. The summed E-state index contributed by atoms with van der Waals surface area (Å²) in [4.78, 5) is 0. The lowest BCUT2D eigenvalue weighted by Gasteiger charge is -2.73. The van der Waals surface area contributed by atoms with Gasteiger partial charge in [-0.1, -0.05) is 48.0 Å². The Hall–Kier alpha value is -0.0400. The SMILES string of the molecule is CC1(C)CCC[C@@]2(C)C1CC[C@]1(C)C2CCC2C3(C)CC[C@H](C(C)(C)O)[C@@H]3CCC21C. The quantitative estimate of drug-likeness (QED) is 0.445. The summed E-state index contributed by atoms with van der Waals surface area (Å²) < 4.78 is 0. The molecular weight excluding hydrogens is 376 g/mol. The van der Waals surface area contributed by atoms with Crippen molar-refractivity contribution in [3.05, 3.63) is 0 Å². The fourth-order valence-corrected chi connectivity index (χ4v) is 12.1. The lowest BCUT2D eigenvalue weighted by molar-refractivity contribution is -0.243. The first-order valence-electron chi connectivity index (χ1n) is 13.9. The second kappa shape index (κ2) is 6.55. The molecule has 0 amide bonds. The molecule has 5 aliphatic carbocycles. The van der Waals surface area contributed by atoms with Crippen LogP contribution in [0, 0.1) is 56.7 Å². The predicted molar refractivity (Wildman–Crippen MR) is 131 cm³/mol. The van der Waals surface area contributed by atoms with Gasteiger partial charge in [0.05, 0.1) is 5.60 Å². The molecule has 0 aromatic rings. The number of aliphatic hydroxyl groups is 1. The van der Waals surface area contributed by atoms with Gasteiger partial charge in [0.15, 0.2) is 0 Å². The fourth-order valence-electron chi connectivity index (χ4n) is 12.1. The topological polar surface area (TPSA) is 20.2 Å². The molecule has 1 nitrogen and oxygen atoms in total. The Morgan fingerprint density at radius 2 is 1.19 bits per heavy atom. The van der Waals surface area contributed by atoms with Crippen molar-refractivity contribution in [3.63, 3.8) is 0 Å². The van der Waals surface area contributed by atoms with Crippen LogP contribution in [0.1, 0.15) is 126 Å². The Morgan fingerprint density at radius 1 is 0.613 bits per heavy atom. The monoisotopic (exact) mass is 428 g/mol. The molecule has 0 bridgehead atoms. The van der Waals surface area contributed by atoms with Crippen molar-refractivity contribution < 1.29 is 5.11 Å². The summed E-state index contributed by atoms with van der Waals surface area (Å²) in [5.74, 6) is 3.91. The van der Waals surface area contributed by atoms with Crippen molar-refractivity contribution in [2.75, 3.05) is 0 Å². The Labute approximate surface area is 193 Å². The standard InChI is InChI=1S/C30H52O/c1-25(2)15-9-16-28(6)22(25)14-19-30(8)24(28)11-10-23-27(5)17-12-20(26(3,4)31)21(27)13-18-29(23,30)7/h20-24,31H,9-19H2,1-8H3/t20-,21-,22?,23?,24?,27?,28-,29?,30+/m0/s1. The van der Waals surface area contributed by atoms with Crippen molar-refractivity contribution in [1.82, 2.24) is 0 Å². The van der Waals surface area contributed by atoms with Gasteiger partial charge in [0, 0.05) is 0 Å². The Bertz CT molecular complexity index is 731. The van der Waals surface area contributed by atoms with Crippen LogP contribution in [-0.4, -0.2) is 10.7 Å². The van der Waals surface area contributed by atoms with E-state index in [-0.39, 0.29) is 0 Å². The highest BCUT2D eigenvalue weighted by molar-refractivity contribution is 5.19. The zero-order valence-electron chi connectivity index (χ0n) is 22.1. The van der Waals surface area contributed by atoms with E-state index in [1.54, 1.807) is 0 Å². The highest BCUT2D eigenvalue weighted by Crippen LogP contribution is 2.78. The molecular formula is C30H52O. The highest BCUT2D eigenvalue weighted by atomic mass is 16.3. The summed E-state index contributed by atoms with van der Waals surface area (Å²) >= 11 is 0. The Morgan fingerprint density at radius 3 is 1.81 bits per heavy atom. The number of rotatable bonds is 1. The van der Waals surface area contributed by atoms with E-state index < -0.39 is 5.60 Å². The zero-order chi connectivity index (χ0) is 22.7. The Kier molecular flexibility index (Phi) is 4.80. The van der Waals surface area contributed by atoms with Gasteiger partial charge in [-0.05, 0) is 135 Å². The van der Waals surface area contributed by atoms with E-state index in [9.17, 15) is 5.11 Å². The summed E-state index contributed by atoms with van der Waals surface area (Å²) in [5.41, 5.74) is 1.97. The fraction of sp³-hybridized carbons (Fsp3) is 1.00. The van der Waals surface area contributed by atoms with Crippen molar-refractivity contribution in [2.24, 2.45) is 56.7 Å². The average molecular weight is 429 g/mol. The van der Waals surface area contributed by atoms with E-state index in [1.807, 2.05) is 0 Å². The molecule has 5 rings (SSSR count). The third kappa shape index (κ3) is 2.77. The van der Waals surface area contributed by atoms with Gasteiger partial charge in [0.2, 0.25) is 0 Å². The molecule has 5 fully saturated rings. The molecule has 0 spiro atoms. The summed E-state index contributed by atoms with van der Waals surface area (Å²) in [5, 5.41) is 11.0. The molecule has 1 heteroatoms. The van der Waals surface area contributed by atoms with E-state index in [1.165, 1.54) is 70.6 Å². The van der Waals surface area contributed by atoms with Crippen LogP contribution in [0.4, 0.5) is 0 Å². The Balaban J connectivity index is 1.52. The molecule has 1 N–H and O–H groups in total. The van der Waals surface area contributed by atoms with E-state index in [2.05, 4.69) is 55.4 Å². The van der Waals surface area contributed by atoms with Crippen molar-refractivity contribution >= 4 is 0 Å². The maximum absolute atomic E-state index is 11.0. The van der Waals surface area contributed by atoms with Gasteiger partial charge < -0.3 is 5.11 Å². The summed E-state index contributed by atoms with van der Waals surface area (Å²) in [6, 6.07) is 0. The van der Waals surface area contributed by atoms with Crippen molar-refractivity contribution in [3.8, 4) is 0 Å². The highest BCUT2D eigenvalue weighted by Gasteiger charge is 2.70. The zero-order valence-corrected chi connectivity index (χ0v) is 22.1. The minimum atomic E-state index is -0.517. The molecule has 0 aromatic heterocycles. The van der Waals surface area contributed by atoms with E-state index in [0.29, 0.717) is 33.0 Å². The van der Waals surface area contributed by atoms with Gasteiger partial charge in [0.1, 0.15) is 0 Å². The van der Waals surface area contributed by atoms with Gasteiger partial charge in [0.25, 0.3) is 0 Å².